The molecular formula is C33H30N2O5. The quantitative estimate of drug-likeness (QED) is 0.322. The summed E-state index contributed by atoms with van der Waals surface area (Å²) < 4.78 is 11.1. The van der Waals surface area contributed by atoms with Crippen molar-refractivity contribution in [3.63, 3.8) is 0 Å². The van der Waals surface area contributed by atoms with Gasteiger partial charge in [-0.2, -0.15) is 0 Å². The van der Waals surface area contributed by atoms with E-state index in [1.807, 2.05) is 54.6 Å². The topological polar surface area (TPSA) is 84.9 Å². The number of hydrogen-bond donors (Lipinski definition) is 1. The second-order valence-electron chi connectivity index (χ2n) is 11.2. The average Bonchev–Trinajstić information content (AvgIpc) is 3.77. The molecule has 40 heavy (non-hydrogen) atoms. The standard InChI is InChI=1S/C33H30N2O5/c1-39-21-11-13-23(14-12-21)40-22-9-7-20(8-10-22)34-31(36)28(17-19-5-3-2-4-6-19)35-32(37)29-24-15-16-25(27-18-26(24)27)30(29)33(35)38/h2-16,24-30H,17-18H2,1H3,(H,34,36)/t24-,25-,26-,27-,28-,29-,30+/m0/s1. The Labute approximate surface area is 232 Å². The number of likely N-dealkylation sites (tertiary alicyclic amines) is 1. The zero-order valence-corrected chi connectivity index (χ0v) is 22.1. The number of rotatable bonds is 8. The van der Waals surface area contributed by atoms with Crippen molar-refractivity contribution in [2.45, 2.75) is 18.9 Å². The fraction of sp³-hybridized carbons (Fsp3) is 0.303. The van der Waals surface area contributed by atoms with Gasteiger partial charge in [-0.15, -0.1) is 0 Å². The van der Waals surface area contributed by atoms with Crippen LogP contribution in [0.2, 0.25) is 0 Å². The molecule has 3 fully saturated rings. The van der Waals surface area contributed by atoms with E-state index in [1.54, 1.807) is 31.4 Å². The maximum absolute atomic E-state index is 13.8. The molecule has 2 saturated carbocycles. The molecule has 0 radical (unpaired) electrons. The normalized spacial score (nSPS) is 28.1. The maximum atomic E-state index is 13.8. The van der Waals surface area contributed by atoms with Gasteiger partial charge in [-0.3, -0.25) is 19.3 Å². The molecule has 3 aromatic carbocycles. The minimum Gasteiger partial charge on any atom is -0.497 e. The van der Waals surface area contributed by atoms with Crippen LogP contribution in [0.25, 0.3) is 0 Å². The number of carbonyl (C=O) groups is 3. The third kappa shape index (κ3) is 4.17. The highest BCUT2D eigenvalue weighted by atomic mass is 16.5. The summed E-state index contributed by atoms with van der Waals surface area (Å²) >= 11 is 0. The molecule has 1 saturated heterocycles. The fourth-order valence-corrected chi connectivity index (χ4v) is 7.04. The summed E-state index contributed by atoms with van der Waals surface area (Å²) in [6.45, 7) is 0. The average molecular weight is 535 g/mol. The highest BCUT2D eigenvalue weighted by molar-refractivity contribution is 6.10. The molecule has 1 heterocycles. The first-order valence-electron chi connectivity index (χ1n) is 13.8. The maximum Gasteiger partial charge on any atom is 0.248 e. The lowest BCUT2D eigenvalue weighted by atomic mass is 9.63. The zero-order chi connectivity index (χ0) is 27.4. The summed E-state index contributed by atoms with van der Waals surface area (Å²) in [5.41, 5.74) is 1.45. The molecule has 4 aliphatic carbocycles. The van der Waals surface area contributed by atoms with Gasteiger partial charge in [-0.05, 0) is 84.2 Å². The van der Waals surface area contributed by atoms with Gasteiger partial charge in [0.25, 0.3) is 0 Å². The number of imide groups is 1. The summed E-state index contributed by atoms with van der Waals surface area (Å²) in [4.78, 5) is 42.7. The predicted octanol–water partition coefficient (Wildman–Crippen LogP) is 5.09. The molecule has 0 unspecified atom stereocenters. The van der Waals surface area contributed by atoms with E-state index in [-0.39, 0.29) is 47.8 Å². The Bertz CT molecular complexity index is 1450. The van der Waals surface area contributed by atoms with Gasteiger partial charge in [0.2, 0.25) is 17.7 Å². The molecule has 7 nitrogen and oxygen atoms in total. The largest absolute Gasteiger partial charge is 0.497 e. The van der Waals surface area contributed by atoms with E-state index >= 15 is 0 Å². The van der Waals surface area contributed by atoms with Crippen LogP contribution in [-0.2, 0) is 20.8 Å². The van der Waals surface area contributed by atoms with Crippen LogP contribution in [0.5, 0.6) is 17.2 Å². The number of allylic oxidation sites excluding steroid dienone is 2. The highest BCUT2D eigenvalue weighted by Gasteiger charge is 2.67. The van der Waals surface area contributed by atoms with Crippen molar-refractivity contribution in [3.05, 3.63) is 96.6 Å². The lowest BCUT2D eigenvalue weighted by Gasteiger charge is -2.37. The summed E-state index contributed by atoms with van der Waals surface area (Å²) in [5.74, 6) is 1.80. The van der Waals surface area contributed by atoms with Crippen molar-refractivity contribution >= 4 is 23.4 Å². The van der Waals surface area contributed by atoms with Crippen molar-refractivity contribution in [3.8, 4) is 17.2 Å². The number of ether oxygens (including phenoxy) is 2. The Morgan fingerprint density at radius 1 is 0.825 bits per heavy atom. The smallest absolute Gasteiger partial charge is 0.248 e. The number of anilines is 1. The lowest BCUT2D eigenvalue weighted by molar-refractivity contribution is -0.146. The molecule has 3 amide bonds. The minimum absolute atomic E-state index is 0.111. The number of methoxy groups -OCH3 is 1. The van der Waals surface area contributed by atoms with E-state index < -0.39 is 6.04 Å². The first-order valence-corrected chi connectivity index (χ1v) is 13.8. The first-order chi connectivity index (χ1) is 19.5. The zero-order valence-electron chi connectivity index (χ0n) is 22.1. The highest BCUT2D eigenvalue weighted by Crippen LogP contribution is 2.65. The molecule has 202 valence electrons. The van der Waals surface area contributed by atoms with Crippen molar-refractivity contribution in [1.82, 2.24) is 4.90 Å². The van der Waals surface area contributed by atoms with Crippen LogP contribution in [0.1, 0.15) is 12.0 Å². The van der Waals surface area contributed by atoms with Crippen molar-refractivity contribution in [2.75, 3.05) is 12.4 Å². The van der Waals surface area contributed by atoms with Gasteiger partial charge in [-0.1, -0.05) is 42.5 Å². The van der Waals surface area contributed by atoms with Crippen molar-refractivity contribution < 1.29 is 23.9 Å². The fourth-order valence-electron chi connectivity index (χ4n) is 7.04. The molecule has 8 rings (SSSR count). The molecule has 0 aromatic heterocycles. The van der Waals surface area contributed by atoms with Crippen LogP contribution in [0.15, 0.2) is 91.0 Å². The van der Waals surface area contributed by atoms with Crippen LogP contribution in [0, 0.1) is 35.5 Å². The van der Waals surface area contributed by atoms with Crippen LogP contribution in [0.4, 0.5) is 5.69 Å². The monoisotopic (exact) mass is 534 g/mol. The molecule has 1 N–H and O–H groups in total. The molecular weight excluding hydrogens is 504 g/mol. The number of carbonyl (C=O) groups excluding carboxylic acids is 3. The van der Waals surface area contributed by atoms with Crippen LogP contribution in [0.3, 0.4) is 0 Å². The molecule has 3 aromatic rings. The van der Waals surface area contributed by atoms with E-state index in [4.69, 9.17) is 9.47 Å². The SMILES string of the molecule is COc1ccc(Oc2ccc(NC(=O)[C@H](Cc3ccccc3)N3C(=O)[C@@H]4[C@H]5C=C[C@@H]([C@@H]6C[C@@H]56)[C@@H]4C3=O)cc2)cc1. The molecule has 5 aliphatic rings. The Morgan fingerprint density at radius 3 is 1.95 bits per heavy atom. The second-order valence-corrected chi connectivity index (χ2v) is 11.2. The van der Waals surface area contributed by atoms with Gasteiger partial charge in [0.05, 0.1) is 18.9 Å². The van der Waals surface area contributed by atoms with Gasteiger partial charge in [0.15, 0.2) is 0 Å². The predicted molar refractivity (Wildman–Crippen MR) is 149 cm³/mol. The summed E-state index contributed by atoms with van der Waals surface area (Å²) in [6.07, 6.45) is 5.66. The van der Waals surface area contributed by atoms with Crippen LogP contribution >= 0.6 is 0 Å². The Hall–Kier alpha value is -4.39. The summed E-state index contributed by atoms with van der Waals surface area (Å²) in [7, 11) is 1.61. The van der Waals surface area contributed by atoms with Crippen LogP contribution < -0.4 is 14.8 Å². The molecule has 7 atom stereocenters. The third-order valence-electron chi connectivity index (χ3n) is 9.00. The van der Waals surface area contributed by atoms with Gasteiger partial charge in [0.1, 0.15) is 23.3 Å². The van der Waals surface area contributed by atoms with Crippen molar-refractivity contribution in [2.24, 2.45) is 35.5 Å². The lowest BCUT2D eigenvalue weighted by Crippen LogP contribution is -2.49. The number of nitrogens with zero attached hydrogens (tertiary/aromatic N) is 1. The van der Waals surface area contributed by atoms with Crippen molar-refractivity contribution in [1.29, 1.82) is 0 Å². The van der Waals surface area contributed by atoms with E-state index in [0.29, 0.717) is 29.0 Å². The number of nitrogens with one attached hydrogen (secondary N) is 1. The second kappa shape index (κ2) is 9.66. The minimum atomic E-state index is -0.932. The van der Waals surface area contributed by atoms with E-state index in [0.717, 1.165) is 17.7 Å². The first kappa shape index (κ1) is 24.6. The van der Waals surface area contributed by atoms with E-state index in [1.165, 1.54) is 4.90 Å². The summed E-state index contributed by atoms with van der Waals surface area (Å²) in [6, 6.07) is 22.9. The third-order valence-corrected chi connectivity index (χ3v) is 9.00. The Morgan fingerprint density at radius 2 is 1.38 bits per heavy atom. The van der Waals surface area contributed by atoms with Crippen LogP contribution in [-0.4, -0.2) is 35.8 Å². The number of amides is 3. The number of hydrogen-bond acceptors (Lipinski definition) is 5. The van der Waals surface area contributed by atoms with Gasteiger partial charge >= 0.3 is 0 Å². The van der Waals surface area contributed by atoms with Gasteiger partial charge in [0, 0.05) is 12.1 Å². The van der Waals surface area contributed by atoms with E-state index in [2.05, 4.69) is 17.5 Å². The van der Waals surface area contributed by atoms with Gasteiger partial charge in [-0.25, -0.2) is 0 Å². The Kier molecular flexibility index (Phi) is 5.95. The molecule has 7 heteroatoms. The van der Waals surface area contributed by atoms with Gasteiger partial charge < -0.3 is 14.8 Å². The van der Waals surface area contributed by atoms with E-state index in [9.17, 15) is 14.4 Å². The molecule has 1 aliphatic heterocycles. The molecule has 2 bridgehead atoms. The molecule has 0 spiro atoms. The Balaban J connectivity index is 1.11. The summed E-state index contributed by atoms with van der Waals surface area (Å²) in [5, 5.41) is 2.95. The number of benzene rings is 3.